The fourth-order valence-electron chi connectivity index (χ4n) is 1.56. The molecule has 0 bridgehead atoms. The van der Waals surface area contributed by atoms with Gasteiger partial charge in [0.15, 0.2) is 0 Å². The van der Waals surface area contributed by atoms with E-state index in [1.165, 1.54) is 0 Å². The van der Waals surface area contributed by atoms with Gasteiger partial charge < -0.3 is 14.6 Å². The molecular formula is C13H14O3. The highest BCUT2D eigenvalue weighted by molar-refractivity contribution is 5.38. The minimum Gasteiger partial charge on any atom is -0.488 e. The van der Waals surface area contributed by atoms with Gasteiger partial charge in [-0.3, -0.25) is 0 Å². The summed E-state index contributed by atoms with van der Waals surface area (Å²) in [5.41, 5.74) is 0.879. The highest BCUT2D eigenvalue weighted by atomic mass is 16.5. The lowest BCUT2D eigenvalue weighted by Gasteiger charge is -2.11. The molecule has 1 heterocycles. The van der Waals surface area contributed by atoms with Gasteiger partial charge in [0.2, 0.25) is 0 Å². The Hall–Kier alpha value is -1.50. The summed E-state index contributed by atoms with van der Waals surface area (Å²) >= 11 is 0. The second kappa shape index (κ2) is 5.55. The molecule has 3 nitrogen and oxygen atoms in total. The molecule has 0 amide bonds. The summed E-state index contributed by atoms with van der Waals surface area (Å²) in [4.78, 5) is 0. The van der Waals surface area contributed by atoms with Crippen molar-refractivity contribution < 1.29 is 14.6 Å². The molecule has 84 valence electrons. The molecule has 1 atom stereocenters. The van der Waals surface area contributed by atoms with E-state index < -0.39 is 0 Å². The highest BCUT2D eigenvalue weighted by Gasteiger charge is 2.16. The van der Waals surface area contributed by atoms with Crippen LogP contribution < -0.4 is 4.74 Å². The van der Waals surface area contributed by atoms with E-state index in [9.17, 15) is 0 Å². The first-order valence-corrected chi connectivity index (χ1v) is 5.32. The van der Waals surface area contributed by atoms with Gasteiger partial charge >= 0.3 is 0 Å². The summed E-state index contributed by atoms with van der Waals surface area (Å²) in [5, 5.41) is 8.56. The number of aliphatic hydroxyl groups excluding tert-OH is 1. The highest BCUT2D eigenvalue weighted by Crippen LogP contribution is 2.17. The van der Waals surface area contributed by atoms with Gasteiger partial charge in [0.25, 0.3) is 0 Å². The Labute approximate surface area is 95.0 Å². The first-order valence-electron chi connectivity index (χ1n) is 5.32. The largest absolute Gasteiger partial charge is 0.488 e. The van der Waals surface area contributed by atoms with Crippen LogP contribution in [0.2, 0.25) is 0 Å². The van der Waals surface area contributed by atoms with Crippen LogP contribution in [0, 0.1) is 11.8 Å². The fourth-order valence-corrected chi connectivity index (χ4v) is 1.56. The molecule has 0 aliphatic carbocycles. The van der Waals surface area contributed by atoms with Crippen molar-refractivity contribution in [2.45, 2.75) is 12.5 Å². The van der Waals surface area contributed by atoms with E-state index >= 15 is 0 Å². The summed E-state index contributed by atoms with van der Waals surface area (Å²) in [7, 11) is 0. The summed E-state index contributed by atoms with van der Waals surface area (Å²) < 4.78 is 10.9. The predicted octanol–water partition coefficient (Wildman–Crippen LogP) is 1.20. The molecule has 1 aromatic carbocycles. The molecule has 3 heteroatoms. The Balaban J connectivity index is 1.95. The number of benzene rings is 1. The Kier molecular flexibility index (Phi) is 3.81. The average molecular weight is 218 g/mol. The SMILES string of the molecule is OCC#Cc1ccc(OC2CCOC2)cc1. The van der Waals surface area contributed by atoms with Crippen molar-refractivity contribution in [3.8, 4) is 17.6 Å². The minimum atomic E-state index is -0.113. The second-order valence-electron chi connectivity index (χ2n) is 3.59. The molecule has 1 unspecified atom stereocenters. The Morgan fingerprint density at radius 3 is 2.81 bits per heavy atom. The number of aliphatic hydroxyl groups is 1. The topological polar surface area (TPSA) is 38.7 Å². The van der Waals surface area contributed by atoms with Crippen LogP contribution >= 0.6 is 0 Å². The zero-order chi connectivity index (χ0) is 11.2. The van der Waals surface area contributed by atoms with Gasteiger partial charge in [-0.1, -0.05) is 11.8 Å². The van der Waals surface area contributed by atoms with Crippen molar-refractivity contribution in [1.29, 1.82) is 0 Å². The van der Waals surface area contributed by atoms with Crippen LogP contribution in [0.5, 0.6) is 5.75 Å². The molecule has 1 N–H and O–H groups in total. The Morgan fingerprint density at radius 2 is 2.19 bits per heavy atom. The van der Waals surface area contributed by atoms with Gasteiger partial charge in [0.05, 0.1) is 13.2 Å². The maximum absolute atomic E-state index is 8.56. The van der Waals surface area contributed by atoms with Gasteiger partial charge in [-0.15, -0.1) is 0 Å². The maximum Gasteiger partial charge on any atom is 0.124 e. The normalized spacial score (nSPS) is 18.9. The van der Waals surface area contributed by atoms with Crippen LogP contribution in [0.3, 0.4) is 0 Å². The van der Waals surface area contributed by atoms with Gasteiger partial charge in [-0.2, -0.15) is 0 Å². The van der Waals surface area contributed by atoms with Gasteiger partial charge in [-0.05, 0) is 24.3 Å². The van der Waals surface area contributed by atoms with Crippen molar-refractivity contribution >= 4 is 0 Å². The van der Waals surface area contributed by atoms with E-state index in [4.69, 9.17) is 14.6 Å². The molecule has 0 radical (unpaired) electrons. The Morgan fingerprint density at radius 1 is 1.38 bits per heavy atom. The standard InChI is InChI=1S/C13H14O3/c14-8-1-2-11-3-5-12(6-4-11)16-13-7-9-15-10-13/h3-6,13-14H,7-10H2. The molecule has 0 saturated carbocycles. The van der Waals surface area contributed by atoms with E-state index in [1.54, 1.807) is 0 Å². The van der Waals surface area contributed by atoms with Crippen LogP contribution in [0.25, 0.3) is 0 Å². The number of hydrogen-bond donors (Lipinski definition) is 1. The van der Waals surface area contributed by atoms with Crippen LogP contribution in [0.4, 0.5) is 0 Å². The zero-order valence-electron chi connectivity index (χ0n) is 8.98. The van der Waals surface area contributed by atoms with Gasteiger partial charge in [0.1, 0.15) is 18.5 Å². The molecule has 0 aromatic heterocycles. The average Bonchev–Trinajstić information content (AvgIpc) is 2.81. The third-order valence-electron chi connectivity index (χ3n) is 2.36. The van der Waals surface area contributed by atoms with Gasteiger partial charge in [-0.25, -0.2) is 0 Å². The van der Waals surface area contributed by atoms with Crippen molar-refractivity contribution in [2.75, 3.05) is 19.8 Å². The predicted molar refractivity (Wildman–Crippen MR) is 60.3 cm³/mol. The van der Waals surface area contributed by atoms with Crippen LogP contribution in [-0.4, -0.2) is 31.0 Å². The number of rotatable bonds is 2. The summed E-state index contributed by atoms with van der Waals surface area (Å²) in [5.74, 6) is 6.27. The number of ether oxygens (including phenoxy) is 2. The first-order chi connectivity index (χ1) is 7.88. The third-order valence-corrected chi connectivity index (χ3v) is 2.36. The number of hydrogen-bond acceptors (Lipinski definition) is 3. The molecule has 1 saturated heterocycles. The first kappa shape index (κ1) is 11.0. The molecule has 1 aromatic rings. The van der Waals surface area contributed by atoms with E-state index in [1.807, 2.05) is 24.3 Å². The van der Waals surface area contributed by atoms with E-state index in [0.717, 1.165) is 24.3 Å². The smallest absolute Gasteiger partial charge is 0.124 e. The quantitative estimate of drug-likeness (QED) is 0.758. The third kappa shape index (κ3) is 2.99. The molecule has 1 fully saturated rings. The van der Waals surface area contributed by atoms with Gasteiger partial charge in [0, 0.05) is 12.0 Å². The van der Waals surface area contributed by atoms with E-state index in [2.05, 4.69) is 11.8 Å². The van der Waals surface area contributed by atoms with E-state index in [-0.39, 0.29) is 12.7 Å². The second-order valence-corrected chi connectivity index (χ2v) is 3.59. The minimum absolute atomic E-state index is 0.113. The van der Waals surface area contributed by atoms with Crippen molar-refractivity contribution in [3.05, 3.63) is 29.8 Å². The van der Waals surface area contributed by atoms with E-state index in [0.29, 0.717) is 6.61 Å². The fraction of sp³-hybridized carbons (Fsp3) is 0.385. The lowest BCUT2D eigenvalue weighted by molar-refractivity contribution is 0.141. The van der Waals surface area contributed by atoms with Crippen LogP contribution in [0.1, 0.15) is 12.0 Å². The molecule has 1 aliphatic rings. The molecule has 1 aliphatic heterocycles. The lowest BCUT2D eigenvalue weighted by atomic mass is 10.2. The zero-order valence-corrected chi connectivity index (χ0v) is 8.98. The molecular weight excluding hydrogens is 204 g/mol. The van der Waals surface area contributed by atoms with Crippen molar-refractivity contribution in [2.24, 2.45) is 0 Å². The van der Waals surface area contributed by atoms with Crippen LogP contribution in [0.15, 0.2) is 24.3 Å². The molecule has 0 spiro atoms. The molecule has 16 heavy (non-hydrogen) atoms. The lowest BCUT2D eigenvalue weighted by Crippen LogP contribution is -2.15. The maximum atomic E-state index is 8.56. The Bertz CT molecular complexity index is 380. The van der Waals surface area contributed by atoms with Crippen molar-refractivity contribution in [1.82, 2.24) is 0 Å². The van der Waals surface area contributed by atoms with Crippen molar-refractivity contribution in [3.63, 3.8) is 0 Å². The monoisotopic (exact) mass is 218 g/mol. The summed E-state index contributed by atoms with van der Waals surface area (Å²) in [6.45, 7) is 1.34. The molecule has 2 rings (SSSR count). The summed E-state index contributed by atoms with van der Waals surface area (Å²) in [6.07, 6.45) is 1.13. The van der Waals surface area contributed by atoms with Crippen LogP contribution in [-0.2, 0) is 4.74 Å². The summed E-state index contributed by atoms with van der Waals surface area (Å²) in [6, 6.07) is 7.54.